The predicted octanol–water partition coefficient (Wildman–Crippen LogP) is 4.52. The molecule has 1 fully saturated rings. The number of carbonyl (C=O) groups is 1. The molecular formula is C28H35N3O3. The van der Waals surface area contributed by atoms with Crippen molar-refractivity contribution in [1.82, 2.24) is 14.8 Å². The van der Waals surface area contributed by atoms with Gasteiger partial charge in [-0.1, -0.05) is 38.1 Å². The van der Waals surface area contributed by atoms with E-state index in [0.29, 0.717) is 38.8 Å². The van der Waals surface area contributed by atoms with Gasteiger partial charge in [0.1, 0.15) is 11.9 Å². The van der Waals surface area contributed by atoms with Crippen LogP contribution in [0.1, 0.15) is 31.9 Å². The van der Waals surface area contributed by atoms with Gasteiger partial charge in [-0.25, -0.2) is 0 Å². The molecule has 6 nitrogen and oxygen atoms in total. The molecule has 1 saturated heterocycles. The van der Waals surface area contributed by atoms with E-state index in [4.69, 9.17) is 9.47 Å². The maximum absolute atomic E-state index is 13.6. The number of pyridine rings is 1. The van der Waals surface area contributed by atoms with Crippen LogP contribution in [-0.2, 0) is 22.6 Å². The number of aromatic nitrogens is 1. The first kappa shape index (κ1) is 24.2. The van der Waals surface area contributed by atoms with Crippen LogP contribution < -0.4 is 4.74 Å². The van der Waals surface area contributed by atoms with Crippen LogP contribution in [-0.4, -0.2) is 59.6 Å². The number of hydrogen-bond donors (Lipinski definition) is 0. The average molecular weight is 462 g/mol. The quantitative estimate of drug-likeness (QED) is 0.469. The maximum Gasteiger partial charge on any atom is 0.253 e. The molecule has 6 heteroatoms. The minimum Gasteiger partial charge on any atom is -0.494 e. The van der Waals surface area contributed by atoms with E-state index in [1.807, 2.05) is 36.1 Å². The molecule has 0 bridgehead atoms. The highest BCUT2D eigenvalue weighted by Gasteiger charge is 2.30. The topological polar surface area (TPSA) is 54.9 Å². The Morgan fingerprint density at radius 1 is 1.18 bits per heavy atom. The molecule has 1 aliphatic heterocycles. The summed E-state index contributed by atoms with van der Waals surface area (Å²) in [5, 5.41) is 1.09. The molecule has 0 saturated carbocycles. The van der Waals surface area contributed by atoms with Crippen LogP contribution in [0.2, 0.25) is 0 Å². The van der Waals surface area contributed by atoms with E-state index in [2.05, 4.69) is 54.1 Å². The van der Waals surface area contributed by atoms with Crippen LogP contribution in [0.25, 0.3) is 10.9 Å². The largest absolute Gasteiger partial charge is 0.494 e. The molecular weight excluding hydrogens is 426 g/mol. The summed E-state index contributed by atoms with van der Waals surface area (Å²) in [5.74, 6) is 1.31. The zero-order valence-corrected chi connectivity index (χ0v) is 20.4. The van der Waals surface area contributed by atoms with Crippen molar-refractivity contribution in [3.63, 3.8) is 0 Å². The SMILES string of the molecule is CCOc1cccc(CN2CCO[C@@H](C(=O)N(Cc3ccc4ncccc4c3)CC(C)C)C2)c1. The fraction of sp³-hybridized carbons (Fsp3) is 0.429. The van der Waals surface area contributed by atoms with Gasteiger partial charge in [0.25, 0.3) is 5.91 Å². The molecule has 180 valence electrons. The van der Waals surface area contributed by atoms with Crippen LogP contribution in [0.15, 0.2) is 60.8 Å². The Morgan fingerprint density at radius 3 is 2.88 bits per heavy atom. The molecule has 2 heterocycles. The van der Waals surface area contributed by atoms with E-state index in [0.717, 1.165) is 35.3 Å². The molecule has 0 spiro atoms. The minimum absolute atomic E-state index is 0.0627. The number of fused-ring (bicyclic) bond motifs is 1. The molecule has 4 rings (SSSR count). The molecule has 0 radical (unpaired) electrons. The molecule has 0 N–H and O–H groups in total. The minimum atomic E-state index is -0.454. The summed E-state index contributed by atoms with van der Waals surface area (Å²) in [7, 11) is 0. The average Bonchev–Trinajstić information content (AvgIpc) is 2.83. The fourth-order valence-electron chi connectivity index (χ4n) is 4.47. The van der Waals surface area contributed by atoms with Gasteiger partial charge in [-0.3, -0.25) is 14.7 Å². The first-order valence-corrected chi connectivity index (χ1v) is 12.2. The van der Waals surface area contributed by atoms with Crippen molar-refractivity contribution >= 4 is 16.8 Å². The Bertz CT molecular complexity index is 1100. The van der Waals surface area contributed by atoms with E-state index in [9.17, 15) is 4.79 Å². The first-order valence-electron chi connectivity index (χ1n) is 12.2. The van der Waals surface area contributed by atoms with Crippen LogP contribution in [0.3, 0.4) is 0 Å². The Hall–Kier alpha value is -2.96. The molecule has 34 heavy (non-hydrogen) atoms. The summed E-state index contributed by atoms with van der Waals surface area (Å²) in [4.78, 5) is 22.2. The normalized spacial score (nSPS) is 16.6. The van der Waals surface area contributed by atoms with Gasteiger partial charge < -0.3 is 14.4 Å². The van der Waals surface area contributed by atoms with Gasteiger partial charge in [0.05, 0.1) is 18.7 Å². The maximum atomic E-state index is 13.6. The summed E-state index contributed by atoms with van der Waals surface area (Å²) >= 11 is 0. The standard InChI is InChI=1S/C28H35N3O3/c1-4-33-25-9-5-7-22(16-25)18-30-13-14-34-27(20-30)28(32)31(17-21(2)3)19-23-10-11-26-24(15-23)8-6-12-29-26/h5-12,15-16,21,27H,4,13-14,17-20H2,1-3H3/t27-/m1/s1. The number of carbonyl (C=O) groups excluding carboxylic acids is 1. The second-order valence-corrected chi connectivity index (χ2v) is 9.32. The molecule has 0 unspecified atom stereocenters. The number of rotatable bonds is 9. The molecule has 2 aromatic carbocycles. The number of hydrogen-bond acceptors (Lipinski definition) is 5. The number of ether oxygens (including phenoxy) is 2. The lowest BCUT2D eigenvalue weighted by Gasteiger charge is -2.35. The number of morpholine rings is 1. The number of benzene rings is 2. The van der Waals surface area contributed by atoms with Gasteiger partial charge >= 0.3 is 0 Å². The van der Waals surface area contributed by atoms with Gasteiger partial charge in [-0.2, -0.15) is 0 Å². The first-order chi connectivity index (χ1) is 16.5. The van der Waals surface area contributed by atoms with Gasteiger partial charge in [-0.05, 0) is 54.3 Å². The number of amides is 1. The van der Waals surface area contributed by atoms with Crippen LogP contribution in [0, 0.1) is 5.92 Å². The van der Waals surface area contributed by atoms with E-state index in [-0.39, 0.29) is 5.91 Å². The van der Waals surface area contributed by atoms with Crippen molar-refractivity contribution in [2.45, 2.75) is 40.0 Å². The highest BCUT2D eigenvalue weighted by molar-refractivity contribution is 5.82. The highest BCUT2D eigenvalue weighted by atomic mass is 16.5. The van der Waals surface area contributed by atoms with E-state index in [1.54, 1.807) is 6.20 Å². The third-order valence-corrected chi connectivity index (χ3v) is 5.98. The molecule has 1 atom stereocenters. The summed E-state index contributed by atoms with van der Waals surface area (Å²) in [6.07, 6.45) is 1.35. The summed E-state index contributed by atoms with van der Waals surface area (Å²) in [5.41, 5.74) is 3.26. The summed E-state index contributed by atoms with van der Waals surface area (Å²) < 4.78 is 11.6. The smallest absolute Gasteiger partial charge is 0.253 e. The van der Waals surface area contributed by atoms with E-state index < -0.39 is 6.10 Å². The second kappa shape index (κ2) is 11.4. The van der Waals surface area contributed by atoms with Crippen molar-refractivity contribution in [1.29, 1.82) is 0 Å². The van der Waals surface area contributed by atoms with E-state index >= 15 is 0 Å². The van der Waals surface area contributed by atoms with E-state index in [1.165, 1.54) is 5.56 Å². The van der Waals surface area contributed by atoms with Gasteiger partial charge in [0.15, 0.2) is 0 Å². The van der Waals surface area contributed by atoms with Gasteiger partial charge in [0, 0.05) is 44.3 Å². The Kier molecular flexibility index (Phi) is 8.14. The monoisotopic (exact) mass is 461 g/mol. The van der Waals surface area contributed by atoms with Crippen molar-refractivity contribution in [3.05, 3.63) is 71.9 Å². The number of nitrogens with zero attached hydrogens (tertiary/aromatic N) is 3. The van der Waals surface area contributed by atoms with Crippen molar-refractivity contribution < 1.29 is 14.3 Å². The second-order valence-electron chi connectivity index (χ2n) is 9.32. The molecule has 3 aromatic rings. The van der Waals surface area contributed by atoms with Gasteiger partial charge in [0.2, 0.25) is 0 Å². The lowest BCUT2D eigenvalue weighted by Crippen LogP contribution is -2.51. The van der Waals surface area contributed by atoms with Crippen molar-refractivity contribution in [3.8, 4) is 5.75 Å². The Balaban J connectivity index is 1.44. The molecule has 0 aliphatic carbocycles. The Morgan fingerprint density at radius 2 is 2.06 bits per heavy atom. The lowest BCUT2D eigenvalue weighted by molar-refractivity contribution is -0.151. The summed E-state index contributed by atoms with van der Waals surface area (Å²) in [6, 6.07) is 18.4. The van der Waals surface area contributed by atoms with Gasteiger partial charge in [-0.15, -0.1) is 0 Å². The highest BCUT2D eigenvalue weighted by Crippen LogP contribution is 2.20. The molecule has 1 aliphatic rings. The predicted molar refractivity (Wildman–Crippen MR) is 135 cm³/mol. The zero-order chi connectivity index (χ0) is 23.9. The zero-order valence-electron chi connectivity index (χ0n) is 20.4. The van der Waals surface area contributed by atoms with Crippen molar-refractivity contribution in [2.75, 3.05) is 32.8 Å². The third-order valence-electron chi connectivity index (χ3n) is 5.98. The van der Waals surface area contributed by atoms with Crippen LogP contribution in [0.5, 0.6) is 5.75 Å². The molecule has 1 amide bonds. The lowest BCUT2D eigenvalue weighted by atomic mass is 10.1. The molecule has 1 aromatic heterocycles. The van der Waals surface area contributed by atoms with Crippen LogP contribution >= 0.6 is 0 Å². The fourth-order valence-corrected chi connectivity index (χ4v) is 4.47. The van der Waals surface area contributed by atoms with Crippen molar-refractivity contribution in [2.24, 2.45) is 5.92 Å². The third kappa shape index (κ3) is 6.33. The van der Waals surface area contributed by atoms with Crippen LogP contribution in [0.4, 0.5) is 0 Å². The Labute approximate surface area is 202 Å². The summed E-state index contributed by atoms with van der Waals surface area (Å²) in [6.45, 7) is 10.9.